The van der Waals surface area contributed by atoms with Crippen LogP contribution in [0, 0.1) is 6.92 Å². The first-order valence-electron chi connectivity index (χ1n) is 11.9. The Morgan fingerprint density at radius 2 is 1.69 bits per heavy atom. The van der Waals surface area contributed by atoms with E-state index < -0.39 is 5.91 Å². The summed E-state index contributed by atoms with van der Waals surface area (Å²) in [7, 11) is 3.93. The van der Waals surface area contributed by atoms with Gasteiger partial charge in [0.1, 0.15) is 11.4 Å². The molecule has 36 heavy (non-hydrogen) atoms. The zero-order chi connectivity index (χ0) is 26.1. The molecule has 7 heteroatoms. The van der Waals surface area contributed by atoms with Gasteiger partial charge < -0.3 is 20.3 Å². The van der Waals surface area contributed by atoms with Gasteiger partial charge in [-0.1, -0.05) is 41.4 Å². The second-order valence-corrected chi connectivity index (χ2v) is 9.50. The minimum Gasteiger partial charge on any atom is -0.494 e. The fraction of sp³-hybridized carbons (Fsp3) is 0.241. The molecule has 3 rings (SSSR count). The van der Waals surface area contributed by atoms with Crippen LogP contribution in [0.2, 0.25) is 0 Å². The summed E-state index contributed by atoms with van der Waals surface area (Å²) in [4.78, 5) is 28.2. The molecule has 0 fully saturated rings. The van der Waals surface area contributed by atoms with E-state index in [9.17, 15) is 9.59 Å². The fourth-order valence-electron chi connectivity index (χ4n) is 3.35. The zero-order valence-corrected chi connectivity index (χ0v) is 22.7. The first-order chi connectivity index (χ1) is 17.3. The Labute approximate surface area is 221 Å². The molecule has 0 radical (unpaired) electrons. The van der Waals surface area contributed by atoms with E-state index >= 15 is 0 Å². The van der Waals surface area contributed by atoms with Crippen LogP contribution in [0.5, 0.6) is 5.75 Å². The number of benzene rings is 3. The maximum Gasteiger partial charge on any atom is 0.272 e. The number of halogens is 1. The van der Waals surface area contributed by atoms with E-state index in [-0.39, 0.29) is 11.6 Å². The average molecular weight is 550 g/mol. The summed E-state index contributed by atoms with van der Waals surface area (Å²) in [6.45, 7) is 4.68. The van der Waals surface area contributed by atoms with Crippen LogP contribution in [0.3, 0.4) is 0 Å². The van der Waals surface area contributed by atoms with Gasteiger partial charge in [-0.3, -0.25) is 9.59 Å². The van der Waals surface area contributed by atoms with Crippen molar-refractivity contribution in [2.75, 3.05) is 30.9 Å². The van der Waals surface area contributed by atoms with Crippen molar-refractivity contribution in [1.29, 1.82) is 0 Å². The number of hydrogen-bond donors (Lipinski definition) is 2. The average Bonchev–Trinajstić information content (AvgIpc) is 2.86. The lowest BCUT2D eigenvalue weighted by molar-refractivity contribution is -0.113. The van der Waals surface area contributed by atoms with Gasteiger partial charge in [0, 0.05) is 35.5 Å². The predicted octanol–water partition coefficient (Wildman–Crippen LogP) is 6.41. The largest absolute Gasteiger partial charge is 0.494 e. The summed E-state index contributed by atoms with van der Waals surface area (Å²) >= 11 is 3.47. The molecule has 2 amide bonds. The maximum absolute atomic E-state index is 13.2. The topological polar surface area (TPSA) is 70.7 Å². The van der Waals surface area contributed by atoms with Crippen molar-refractivity contribution in [1.82, 2.24) is 5.32 Å². The van der Waals surface area contributed by atoms with Crippen LogP contribution in [0.25, 0.3) is 6.08 Å². The third kappa shape index (κ3) is 7.71. The Morgan fingerprint density at radius 1 is 1.00 bits per heavy atom. The number of anilines is 2. The van der Waals surface area contributed by atoms with Gasteiger partial charge in [0.15, 0.2) is 0 Å². The third-order valence-electron chi connectivity index (χ3n) is 5.51. The van der Waals surface area contributed by atoms with Crippen molar-refractivity contribution >= 4 is 45.2 Å². The van der Waals surface area contributed by atoms with Crippen molar-refractivity contribution in [2.45, 2.75) is 26.7 Å². The first-order valence-corrected chi connectivity index (χ1v) is 12.7. The van der Waals surface area contributed by atoms with Gasteiger partial charge in [-0.05, 0) is 85.1 Å². The van der Waals surface area contributed by atoms with Gasteiger partial charge in [-0.25, -0.2) is 0 Å². The molecule has 0 spiro atoms. The lowest BCUT2D eigenvalue weighted by Gasteiger charge is -2.14. The van der Waals surface area contributed by atoms with Crippen LogP contribution in [-0.4, -0.2) is 32.5 Å². The van der Waals surface area contributed by atoms with Crippen LogP contribution < -0.4 is 20.3 Å². The lowest BCUT2D eigenvalue weighted by atomic mass is 10.1. The minimum atomic E-state index is -0.415. The Kier molecular flexibility index (Phi) is 9.70. The number of aryl methyl sites for hydroxylation is 1. The van der Waals surface area contributed by atoms with E-state index in [4.69, 9.17) is 4.74 Å². The highest BCUT2D eigenvalue weighted by molar-refractivity contribution is 9.10. The first kappa shape index (κ1) is 27.0. The van der Waals surface area contributed by atoms with Crippen molar-refractivity contribution in [2.24, 2.45) is 0 Å². The van der Waals surface area contributed by atoms with Crippen LogP contribution >= 0.6 is 15.9 Å². The van der Waals surface area contributed by atoms with Crippen LogP contribution in [0.15, 0.2) is 76.9 Å². The van der Waals surface area contributed by atoms with Gasteiger partial charge in [0.05, 0.1) is 6.61 Å². The van der Waals surface area contributed by atoms with Crippen LogP contribution in [0.1, 0.15) is 41.3 Å². The highest BCUT2D eigenvalue weighted by Crippen LogP contribution is 2.21. The number of amides is 2. The van der Waals surface area contributed by atoms with Crippen molar-refractivity contribution in [3.05, 3.63) is 93.6 Å². The van der Waals surface area contributed by atoms with Crippen molar-refractivity contribution < 1.29 is 14.3 Å². The van der Waals surface area contributed by atoms with Gasteiger partial charge >= 0.3 is 0 Å². The Bertz CT molecular complexity index is 1220. The number of rotatable bonds is 10. The van der Waals surface area contributed by atoms with Crippen molar-refractivity contribution in [3.63, 3.8) is 0 Å². The number of carbonyl (C=O) groups excluding carboxylic acids is 2. The molecule has 3 aromatic rings. The molecule has 0 aromatic heterocycles. The molecule has 6 nitrogen and oxygen atoms in total. The molecule has 0 aliphatic heterocycles. The lowest BCUT2D eigenvalue weighted by Crippen LogP contribution is -2.30. The predicted molar refractivity (Wildman–Crippen MR) is 151 cm³/mol. The molecule has 0 heterocycles. The summed E-state index contributed by atoms with van der Waals surface area (Å²) in [5.41, 5.74) is 4.02. The summed E-state index contributed by atoms with van der Waals surface area (Å²) in [6.07, 6.45) is 3.69. The number of ether oxygens (including phenoxy) is 1. The molecular formula is C29H32BrN3O3. The number of unbranched alkanes of at least 4 members (excludes halogenated alkanes) is 1. The normalized spacial score (nSPS) is 11.1. The molecule has 0 saturated carbocycles. The van der Waals surface area contributed by atoms with Crippen molar-refractivity contribution in [3.8, 4) is 5.75 Å². The third-order valence-corrected chi connectivity index (χ3v) is 6.40. The second-order valence-electron chi connectivity index (χ2n) is 8.64. The molecule has 0 unspecified atom stereocenters. The van der Waals surface area contributed by atoms with Gasteiger partial charge in [0.25, 0.3) is 11.8 Å². The summed E-state index contributed by atoms with van der Waals surface area (Å²) in [5, 5.41) is 5.67. The fourth-order valence-corrected chi connectivity index (χ4v) is 3.59. The number of carbonyl (C=O) groups is 2. The number of hydrogen-bond acceptors (Lipinski definition) is 4. The molecule has 3 aromatic carbocycles. The standard InChI is InChI=1S/C29H32BrN3O3/c1-5-6-17-36-25-14-9-22(10-15-25)28(34)32-27(19-21-7-12-24(13-8-21)33(3)4)29(35)31-23-11-16-26(30)20(2)18-23/h7-16,18-19H,5-6,17H2,1-4H3,(H,31,35)(H,32,34). The molecule has 2 N–H and O–H groups in total. The number of nitrogens with zero attached hydrogens (tertiary/aromatic N) is 1. The van der Waals surface area contributed by atoms with Crippen LogP contribution in [0.4, 0.5) is 11.4 Å². The van der Waals surface area contributed by atoms with Crippen LogP contribution in [-0.2, 0) is 4.79 Å². The second kappa shape index (κ2) is 12.9. The number of nitrogens with one attached hydrogen (secondary N) is 2. The molecule has 0 atom stereocenters. The Morgan fingerprint density at radius 3 is 2.31 bits per heavy atom. The molecule has 188 valence electrons. The quantitative estimate of drug-likeness (QED) is 0.226. The summed E-state index contributed by atoms with van der Waals surface area (Å²) in [5.74, 6) is -0.0882. The smallest absolute Gasteiger partial charge is 0.272 e. The monoisotopic (exact) mass is 549 g/mol. The van der Waals surface area contributed by atoms with E-state index in [2.05, 4.69) is 33.5 Å². The SMILES string of the molecule is CCCCOc1ccc(C(=O)NC(=Cc2ccc(N(C)C)cc2)C(=O)Nc2ccc(Br)c(C)c2)cc1. The van der Waals surface area contributed by atoms with Gasteiger partial charge in [0.2, 0.25) is 0 Å². The molecule has 0 bridgehead atoms. The molecule has 0 aliphatic rings. The van der Waals surface area contributed by atoms with E-state index in [1.165, 1.54) is 0 Å². The summed E-state index contributed by atoms with van der Waals surface area (Å²) in [6, 6.07) is 20.2. The maximum atomic E-state index is 13.2. The van der Waals surface area contributed by atoms with E-state index in [1.54, 1.807) is 36.4 Å². The molecule has 0 saturated heterocycles. The van der Waals surface area contributed by atoms with Gasteiger partial charge in [-0.2, -0.15) is 0 Å². The zero-order valence-electron chi connectivity index (χ0n) is 21.1. The Balaban J connectivity index is 1.82. The Hall–Kier alpha value is -3.58. The minimum absolute atomic E-state index is 0.140. The molecule has 0 aliphatic carbocycles. The van der Waals surface area contributed by atoms with E-state index in [0.29, 0.717) is 23.6 Å². The van der Waals surface area contributed by atoms with Gasteiger partial charge in [-0.15, -0.1) is 0 Å². The summed E-state index contributed by atoms with van der Waals surface area (Å²) < 4.78 is 6.63. The van der Waals surface area contributed by atoms with E-state index in [1.807, 2.05) is 62.3 Å². The highest BCUT2D eigenvalue weighted by atomic mass is 79.9. The van der Waals surface area contributed by atoms with E-state index in [0.717, 1.165) is 34.1 Å². The highest BCUT2D eigenvalue weighted by Gasteiger charge is 2.16. The molecular weight excluding hydrogens is 518 g/mol.